The van der Waals surface area contributed by atoms with Crippen molar-refractivity contribution in [3.05, 3.63) is 59.2 Å². The van der Waals surface area contributed by atoms with E-state index >= 15 is 0 Å². The Bertz CT molecular complexity index is 914. The van der Waals surface area contributed by atoms with Gasteiger partial charge in [-0.2, -0.15) is 5.10 Å². The molecule has 0 aliphatic rings. The van der Waals surface area contributed by atoms with Gasteiger partial charge in [-0.15, -0.1) is 0 Å². The zero-order valence-electron chi connectivity index (χ0n) is 14.7. The predicted octanol–water partition coefficient (Wildman–Crippen LogP) is 3.54. The van der Waals surface area contributed by atoms with Crippen molar-refractivity contribution in [2.45, 2.75) is 27.7 Å². The average molecular weight is 336 g/mol. The molecular weight excluding hydrogens is 316 g/mol. The van der Waals surface area contributed by atoms with Gasteiger partial charge in [-0.1, -0.05) is 18.2 Å². The van der Waals surface area contributed by atoms with Crippen LogP contribution in [0.3, 0.4) is 0 Å². The lowest BCUT2D eigenvalue weighted by atomic mass is 10.2. The number of amides is 2. The Morgan fingerprint density at radius 1 is 1.00 bits per heavy atom. The van der Waals surface area contributed by atoms with Crippen molar-refractivity contribution in [3.63, 3.8) is 0 Å². The molecule has 0 saturated heterocycles. The number of hydrogen-bond donors (Lipinski definition) is 2. The molecule has 3 rings (SSSR count). The number of urea groups is 1. The van der Waals surface area contributed by atoms with Gasteiger partial charge in [0.25, 0.3) is 5.95 Å². The van der Waals surface area contributed by atoms with E-state index in [0.29, 0.717) is 11.6 Å². The lowest BCUT2D eigenvalue weighted by Crippen LogP contribution is -2.20. The van der Waals surface area contributed by atoms with E-state index < -0.39 is 0 Å². The molecule has 2 aromatic heterocycles. The van der Waals surface area contributed by atoms with Crippen molar-refractivity contribution < 1.29 is 4.79 Å². The minimum Gasteiger partial charge on any atom is -0.307 e. The first-order valence-corrected chi connectivity index (χ1v) is 7.94. The fourth-order valence-corrected chi connectivity index (χ4v) is 2.41. The fourth-order valence-electron chi connectivity index (χ4n) is 2.41. The minimum atomic E-state index is -0.340. The Labute approximate surface area is 146 Å². The van der Waals surface area contributed by atoms with Crippen LogP contribution in [0, 0.1) is 27.7 Å². The van der Waals surface area contributed by atoms with E-state index in [1.165, 1.54) is 0 Å². The van der Waals surface area contributed by atoms with Crippen LogP contribution < -0.4 is 10.6 Å². The Balaban J connectivity index is 1.71. The summed E-state index contributed by atoms with van der Waals surface area (Å²) in [5.74, 6) is 0.471. The van der Waals surface area contributed by atoms with Gasteiger partial charge in [-0.25, -0.2) is 19.4 Å². The monoisotopic (exact) mass is 336 g/mol. The summed E-state index contributed by atoms with van der Waals surface area (Å²) < 4.78 is 1.70. The summed E-state index contributed by atoms with van der Waals surface area (Å²) in [5.41, 5.74) is 5.31. The molecule has 0 spiro atoms. The van der Waals surface area contributed by atoms with Gasteiger partial charge in [0, 0.05) is 11.4 Å². The standard InChI is InChI=1S/C18H20N6O/c1-11-7-5-6-8-16(11)22-18(25)21-15-9-19-17(20-10-15)24-14(4)12(2)13(3)23-24/h5-10H,1-4H3,(H2,21,22,25). The van der Waals surface area contributed by atoms with Crippen molar-refractivity contribution in [2.24, 2.45) is 0 Å². The summed E-state index contributed by atoms with van der Waals surface area (Å²) in [5, 5.41) is 9.95. The van der Waals surface area contributed by atoms with E-state index in [1.54, 1.807) is 17.1 Å². The highest BCUT2D eigenvalue weighted by Gasteiger charge is 2.11. The number of para-hydroxylation sites is 1. The van der Waals surface area contributed by atoms with E-state index in [9.17, 15) is 4.79 Å². The zero-order chi connectivity index (χ0) is 18.0. The van der Waals surface area contributed by atoms with E-state index in [1.807, 2.05) is 52.0 Å². The van der Waals surface area contributed by atoms with Gasteiger partial charge >= 0.3 is 6.03 Å². The third-order valence-corrected chi connectivity index (χ3v) is 4.13. The van der Waals surface area contributed by atoms with Crippen LogP contribution in [0.4, 0.5) is 16.2 Å². The Morgan fingerprint density at radius 2 is 1.68 bits per heavy atom. The molecular formula is C18H20N6O. The molecule has 2 amide bonds. The molecule has 0 aliphatic heterocycles. The van der Waals surface area contributed by atoms with Gasteiger partial charge in [0.15, 0.2) is 0 Å². The molecule has 1 aromatic carbocycles. The topological polar surface area (TPSA) is 84.7 Å². The molecule has 2 heterocycles. The van der Waals surface area contributed by atoms with Crippen molar-refractivity contribution in [1.82, 2.24) is 19.7 Å². The van der Waals surface area contributed by atoms with E-state index in [4.69, 9.17) is 0 Å². The number of carbonyl (C=O) groups is 1. The Morgan fingerprint density at radius 3 is 2.28 bits per heavy atom. The van der Waals surface area contributed by atoms with Crippen LogP contribution in [0.2, 0.25) is 0 Å². The lowest BCUT2D eigenvalue weighted by Gasteiger charge is -2.09. The molecule has 7 heteroatoms. The van der Waals surface area contributed by atoms with Gasteiger partial charge < -0.3 is 10.6 Å². The number of aromatic nitrogens is 4. The third-order valence-electron chi connectivity index (χ3n) is 4.13. The lowest BCUT2D eigenvalue weighted by molar-refractivity contribution is 0.262. The van der Waals surface area contributed by atoms with Crippen LogP contribution in [-0.2, 0) is 0 Å². The molecule has 0 atom stereocenters. The molecule has 3 aromatic rings. The highest BCUT2D eigenvalue weighted by molar-refractivity contribution is 5.99. The first-order chi connectivity index (χ1) is 12.0. The molecule has 0 unspecified atom stereocenters. The summed E-state index contributed by atoms with van der Waals surface area (Å²) in [6.07, 6.45) is 3.12. The SMILES string of the molecule is Cc1ccccc1NC(=O)Nc1cnc(-n2nc(C)c(C)c2C)nc1. The fraction of sp³-hybridized carbons (Fsp3) is 0.222. The summed E-state index contributed by atoms with van der Waals surface area (Å²) in [4.78, 5) is 20.7. The number of benzene rings is 1. The van der Waals surface area contributed by atoms with E-state index in [2.05, 4.69) is 25.7 Å². The molecule has 0 aliphatic carbocycles. The number of anilines is 2. The average Bonchev–Trinajstić information content (AvgIpc) is 2.85. The molecule has 7 nitrogen and oxygen atoms in total. The number of hydrogen-bond acceptors (Lipinski definition) is 4. The number of aryl methyl sites for hydroxylation is 2. The van der Waals surface area contributed by atoms with Crippen molar-refractivity contribution in [2.75, 3.05) is 10.6 Å². The summed E-state index contributed by atoms with van der Waals surface area (Å²) >= 11 is 0. The van der Waals surface area contributed by atoms with Crippen LogP contribution >= 0.6 is 0 Å². The maximum Gasteiger partial charge on any atom is 0.323 e. The van der Waals surface area contributed by atoms with Crippen LogP contribution in [0.5, 0.6) is 0 Å². The van der Waals surface area contributed by atoms with E-state index in [0.717, 1.165) is 28.2 Å². The number of nitrogens with one attached hydrogen (secondary N) is 2. The van der Waals surface area contributed by atoms with Crippen molar-refractivity contribution in [1.29, 1.82) is 0 Å². The molecule has 0 saturated carbocycles. The second kappa shape index (κ2) is 6.72. The second-order valence-corrected chi connectivity index (χ2v) is 5.87. The van der Waals surface area contributed by atoms with Gasteiger partial charge in [0.2, 0.25) is 0 Å². The number of nitrogens with zero attached hydrogens (tertiary/aromatic N) is 4. The van der Waals surface area contributed by atoms with Crippen molar-refractivity contribution in [3.8, 4) is 5.95 Å². The maximum atomic E-state index is 12.1. The number of rotatable bonds is 3. The predicted molar refractivity (Wildman–Crippen MR) is 97.2 cm³/mol. The van der Waals surface area contributed by atoms with Gasteiger partial charge in [-0.3, -0.25) is 0 Å². The summed E-state index contributed by atoms with van der Waals surface area (Å²) in [6, 6.07) is 7.24. The smallest absolute Gasteiger partial charge is 0.307 e. The van der Waals surface area contributed by atoms with Crippen LogP contribution in [0.15, 0.2) is 36.7 Å². The van der Waals surface area contributed by atoms with Gasteiger partial charge in [-0.05, 0) is 44.9 Å². The first kappa shape index (κ1) is 16.6. The highest BCUT2D eigenvalue weighted by Crippen LogP contribution is 2.16. The van der Waals surface area contributed by atoms with Crippen LogP contribution in [0.1, 0.15) is 22.5 Å². The molecule has 2 N–H and O–H groups in total. The molecule has 25 heavy (non-hydrogen) atoms. The first-order valence-electron chi connectivity index (χ1n) is 7.94. The minimum absolute atomic E-state index is 0.340. The third kappa shape index (κ3) is 3.50. The van der Waals surface area contributed by atoms with Crippen LogP contribution in [0.25, 0.3) is 5.95 Å². The Hall–Kier alpha value is -3.22. The largest absolute Gasteiger partial charge is 0.323 e. The van der Waals surface area contributed by atoms with Gasteiger partial charge in [0.05, 0.1) is 23.8 Å². The summed E-state index contributed by atoms with van der Waals surface area (Å²) in [7, 11) is 0. The maximum absolute atomic E-state index is 12.1. The highest BCUT2D eigenvalue weighted by atomic mass is 16.2. The quantitative estimate of drug-likeness (QED) is 0.766. The normalized spacial score (nSPS) is 10.6. The molecule has 128 valence electrons. The molecule has 0 radical (unpaired) electrons. The van der Waals surface area contributed by atoms with Crippen molar-refractivity contribution >= 4 is 17.4 Å². The second-order valence-electron chi connectivity index (χ2n) is 5.87. The van der Waals surface area contributed by atoms with E-state index in [-0.39, 0.29) is 6.03 Å². The van der Waals surface area contributed by atoms with Crippen LogP contribution in [-0.4, -0.2) is 25.8 Å². The van der Waals surface area contributed by atoms with Gasteiger partial charge in [0.1, 0.15) is 0 Å². The Kier molecular flexibility index (Phi) is 4.47. The summed E-state index contributed by atoms with van der Waals surface area (Å²) in [6.45, 7) is 7.87. The zero-order valence-corrected chi connectivity index (χ0v) is 14.7. The number of carbonyl (C=O) groups excluding carboxylic acids is 1. The molecule has 0 bridgehead atoms. The molecule has 0 fully saturated rings.